The summed E-state index contributed by atoms with van der Waals surface area (Å²) in [5.74, 6) is -0.692. The number of nitriles is 3. The van der Waals surface area contributed by atoms with Crippen molar-refractivity contribution in [3.8, 4) is 40.5 Å². The third kappa shape index (κ3) is 6.07. The second kappa shape index (κ2) is 12.5. The molecule has 0 fully saturated rings. The monoisotopic (exact) mass is 743 g/mol. The summed E-state index contributed by atoms with van der Waals surface area (Å²) in [6, 6.07) is 16.7. The summed E-state index contributed by atoms with van der Waals surface area (Å²) in [5.41, 5.74) is -5.05. The normalized spacial score (nSPS) is 12.8. The van der Waals surface area contributed by atoms with E-state index < -0.39 is 35.2 Å². The molecule has 0 atom stereocenters. The summed E-state index contributed by atoms with van der Waals surface area (Å²) in [6.07, 6.45) is -14.1. The summed E-state index contributed by atoms with van der Waals surface area (Å²) in [4.78, 5) is 23.3. The zero-order chi connectivity index (χ0) is 38.7. The topological polar surface area (TPSA) is 155 Å². The second-order valence-corrected chi connectivity index (χ2v) is 11.5. The number of benzene rings is 3. The van der Waals surface area contributed by atoms with E-state index in [0.29, 0.717) is 0 Å². The van der Waals surface area contributed by atoms with Crippen LogP contribution in [0.5, 0.6) is 0 Å². The van der Waals surface area contributed by atoms with Gasteiger partial charge in [-0.2, -0.15) is 55.3 Å². The Morgan fingerprint density at radius 3 is 1.19 bits per heavy atom. The zero-order valence-corrected chi connectivity index (χ0v) is 26.5. The molecular weight excluding hydrogens is 729 g/mol. The molecule has 0 aliphatic carbocycles. The number of alkyl halides is 9. The molecule has 4 heterocycles. The van der Waals surface area contributed by atoms with Gasteiger partial charge in [0.25, 0.3) is 0 Å². The van der Waals surface area contributed by atoms with E-state index in [4.69, 9.17) is 0 Å². The van der Waals surface area contributed by atoms with Crippen LogP contribution in [-0.2, 0) is 18.5 Å². The molecule has 6 aromatic rings. The number of aromatic amines is 2. The van der Waals surface area contributed by atoms with Crippen molar-refractivity contribution in [3.63, 3.8) is 0 Å². The zero-order valence-electron chi connectivity index (χ0n) is 26.5. The fraction of sp³-hybridized carbons (Fsp3) is 0.0833. The molecule has 7 rings (SSSR count). The first-order valence-corrected chi connectivity index (χ1v) is 15.1. The lowest BCUT2D eigenvalue weighted by Gasteiger charge is -2.08. The van der Waals surface area contributed by atoms with E-state index in [2.05, 4.69) is 29.9 Å². The number of hydrogen-bond acceptors (Lipinski definition) is 7. The molecule has 3 aromatic carbocycles. The van der Waals surface area contributed by atoms with Crippen molar-refractivity contribution in [2.24, 2.45) is 0 Å². The third-order valence-electron chi connectivity index (χ3n) is 8.33. The van der Waals surface area contributed by atoms with Crippen LogP contribution in [0.2, 0.25) is 0 Å². The minimum Gasteiger partial charge on any atom is -0.323 e. The van der Waals surface area contributed by atoms with E-state index in [9.17, 15) is 55.3 Å². The molecule has 3 aromatic heterocycles. The molecule has 9 nitrogen and oxygen atoms in total. The highest BCUT2D eigenvalue weighted by atomic mass is 19.4. The summed E-state index contributed by atoms with van der Waals surface area (Å²) < 4.78 is 121. The van der Waals surface area contributed by atoms with E-state index in [1.54, 1.807) is 0 Å². The van der Waals surface area contributed by atoms with Crippen molar-refractivity contribution in [1.29, 1.82) is 15.8 Å². The van der Waals surface area contributed by atoms with E-state index in [-0.39, 0.29) is 84.3 Å². The molecule has 0 amide bonds. The van der Waals surface area contributed by atoms with Crippen molar-refractivity contribution in [2.75, 3.05) is 0 Å². The number of allylic oxidation sites excluding steroid dienone is 1. The molecule has 18 heteroatoms. The lowest BCUT2D eigenvalue weighted by Crippen LogP contribution is -2.04. The van der Waals surface area contributed by atoms with Crippen LogP contribution < -0.4 is 0 Å². The van der Waals surface area contributed by atoms with Crippen molar-refractivity contribution in [2.45, 2.75) is 18.5 Å². The van der Waals surface area contributed by atoms with Gasteiger partial charge in [-0.15, -0.1) is 0 Å². The van der Waals surface area contributed by atoms with E-state index in [1.165, 1.54) is 0 Å². The predicted molar refractivity (Wildman–Crippen MR) is 172 cm³/mol. The highest BCUT2D eigenvalue weighted by Gasteiger charge is 2.33. The largest absolute Gasteiger partial charge is 0.416 e. The summed E-state index contributed by atoms with van der Waals surface area (Å²) in [6.45, 7) is 0. The molecule has 2 N–H and O–H groups in total. The number of aromatic nitrogens is 6. The van der Waals surface area contributed by atoms with Gasteiger partial charge in [0.1, 0.15) is 46.2 Å². The van der Waals surface area contributed by atoms with Crippen LogP contribution in [0, 0.1) is 34.0 Å². The Hall–Kier alpha value is -7.26. The summed E-state index contributed by atoms with van der Waals surface area (Å²) in [5, 5.41) is 31.1. The van der Waals surface area contributed by atoms with Crippen LogP contribution in [0.3, 0.4) is 0 Å². The van der Waals surface area contributed by atoms with Crippen molar-refractivity contribution in [3.05, 3.63) is 118 Å². The Morgan fingerprint density at radius 2 is 0.796 bits per heavy atom. The molecule has 0 saturated carbocycles. The van der Waals surface area contributed by atoms with Crippen LogP contribution in [0.1, 0.15) is 45.0 Å². The van der Waals surface area contributed by atoms with Gasteiger partial charge < -0.3 is 9.97 Å². The standard InChI is InChI=1S/C36H14F9N9/c37-34(38,39)19-7-1-16(2-8-19)25-22(13-46)28-49-31(25)52-29-23(14-47)26(17-3-9-20(10-4-17)35(40,41)42)33(50-29)54-30-24(15-48)27(32(51-30)53-28)18-5-11-21(12-6-18)36(43,44)45/h1-12H,(H2,49,50,51,52,53,54). The van der Waals surface area contributed by atoms with Gasteiger partial charge in [0.15, 0.2) is 22.9 Å². The Bertz CT molecular complexity index is 2730. The molecule has 0 spiro atoms. The quantitative estimate of drug-likeness (QED) is 0.171. The van der Waals surface area contributed by atoms with Crippen LogP contribution in [0.15, 0.2) is 72.8 Å². The van der Waals surface area contributed by atoms with E-state index in [1.807, 2.05) is 18.2 Å². The number of halogens is 9. The predicted octanol–water partition coefficient (Wildman–Crippen LogP) is 9.28. The van der Waals surface area contributed by atoms with Gasteiger partial charge in [-0.1, -0.05) is 36.4 Å². The molecule has 54 heavy (non-hydrogen) atoms. The molecule has 6 bridgehead atoms. The second-order valence-electron chi connectivity index (χ2n) is 11.5. The summed E-state index contributed by atoms with van der Waals surface area (Å²) >= 11 is 0. The van der Waals surface area contributed by atoms with Crippen LogP contribution in [0.4, 0.5) is 39.5 Å². The maximum atomic E-state index is 13.4. The third-order valence-corrected chi connectivity index (χ3v) is 8.33. The molecule has 0 saturated heterocycles. The molecule has 266 valence electrons. The lowest BCUT2D eigenvalue weighted by atomic mass is 9.99. The van der Waals surface area contributed by atoms with Crippen LogP contribution >= 0.6 is 0 Å². The number of nitrogens with one attached hydrogen (secondary N) is 2. The minimum absolute atomic E-state index is 0.0212. The molecule has 1 aliphatic heterocycles. The van der Waals surface area contributed by atoms with Gasteiger partial charge in [-0.25, -0.2) is 19.9 Å². The maximum absolute atomic E-state index is 13.4. The molecule has 0 unspecified atom stereocenters. The van der Waals surface area contributed by atoms with Gasteiger partial charge in [-0.3, -0.25) is 0 Å². The van der Waals surface area contributed by atoms with Crippen molar-refractivity contribution in [1.82, 2.24) is 29.9 Å². The highest BCUT2D eigenvalue weighted by molar-refractivity contribution is 6.04. The van der Waals surface area contributed by atoms with Crippen LogP contribution in [-0.4, -0.2) is 29.9 Å². The van der Waals surface area contributed by atoms with E-state index >= 15 is 0 Å². The first kappa shape index (κ1) is 35.2. The smallest absolute Gasteiger partial charge is 0.323 e. The SMILES string of the molecule is N#CC1=C(c2ccc(C(F)(F)F)cc2)c2nc1nc1[nH]c(nc3[nH]c(n2)c(C#N)c3-c2ccc(C(F)(F)F)cc2)c(C#N)c1-c1ccc(C(F)(F)F)cc1. The minimum atomic E-state index is -4.71. The number of nitrogens with zero attached hydrogens (tertiary/aromatic N) is 7. The Morgan fingerprint density at radius 1 is 0.426 bits per heavy atom. The number of H-pyrrole nitrogens is 2. The lowest BCUT2D eigenvalue weighted by molar-refractivity contribution is -0.138. The molecule has 1 aliphatic rings. The van der Waals surface area contributed by atoms with Gasteiger partial charge in [0.05, 0.1) is 16.7 Å². The fourth-order valence-corrected chi connectivity index (χ4v) is 5.84. The first-order valence-electron chi connectivity index (χ1n) is 15.1. The van der Waals surface area contributed by atoms with Gasteiger partial charge in [0, 0.05) is 16.7 Å². The molecule has 0 radical (unpaired) electrons. The highest BCUT2D eigenvalue weighted by Crippen LogP contribution is 2.40. The van der Waals surface area contributed by atoms with Crippen molar-refractivity contribution < 1.29 is 39.5 Å². The maximum Gasteiger partial charge on any atom is 0.416 e. The van der Waals surface area contributed by atoms with Gasteiger partial charge in [0.2, 0.25) is 0 Å². The number of rotatable bonds is 3. The number of hydrogen-bond donors (Lipinski definition) is 2. The Kier molecular flexibility index (Phi) is 8.11. The number of fused-ring (bicyclic) bond motifs is 6. The van der Waals surface area contributed by atoms with E-state index in [0.717, 1.165) is 72.8 Å². The summed E-state index contributed by atoms with van der Waals surface area (Å²) in [7, 11) is 0. The van der Waals surface area contributed by atoms with Gasteiger partial charge >= 0.3 is 18.5 Å². The average molecular weight is 744 g/mol. The van der Waals surface area contributed by atoms with Crippen molar-refractivity contribution >= 4 is 33.7 Å². The fourth-order valence-electron chi connectivity index (χ4n) is 5.84. The van der Waals surface area contributed by atoms with Crippen LogP contribution in [0.25, 0.3) is 56.0 Å². The average Bonchev–Trinajstić information content (AvgIpc) is 3.77. The van der Waals surface area contributed by atoms with Gasteiger partial charge in [-0.05, 0) is 53.1 Å². The Labute approximate surface area is 295 Å². The molecular formula is C36H14F9N9. The Balaban J connectivity index is 1.62. The first-order chi connectivity index (χ1) is 25.5.